The van der Waals surface area contributed by atoms with Crippen LogP contribution >= 0.6 is 0 Å². The van der Waals surface area contributed by atoms with Crippen LogP contribution in [0.15, 0.2) is 35.1 Å². The number of benzene rings is 1. The number of pyridine rings is 1. The van der Waals surface area contributed by atoms with Crippen molar-refractivity contribution in [3.8, 4) is 17.2 Å². The van der Waals surface area contributed by atoms with E-state index in [0.29, 0.717) is 22.3 Å². The van der Waals surface area contributed by atoms with Crippen molar-refractivity contribution in [1.82, 2.24) is 14.6 Å². The Hall–Kier alpha value is -3.40. The highest BCUT2D eigenvalue weighted by molar-refractivity contribution is 5.81. The monoisotopic (exact) mass is 350 g/mol. The molecule has 0 saturated heterocycles. The summed E-state index contributed by atoms with van der Waals surface area (Å²) in [5.74, 6) is -0.245. The molecular weight excluding hydrogens is 332 g/mol. The van der Waals surface area contributed by atoms with E-state index >= 15 is 0 Å². The lowest BCUT2D eigenvalue weighted by atomic mass is 9.93. The maximum atomic E-state index is 13.1. The fourth-order valence-corrected chi connectivity index (χ4v) is 2.94. The predicted octanol–water partition coefficient (Wildman–Crippen LogP) is 2.32. The van der Waals surface area contributed by atoms with Gasteiger partial charge >= 0.3 is 5.97 Å². The molecule has 7 heteroatoms. The first kappa shape index (κ1) is 17.4. The van der Waals surface area contributed by atoms with Crippen LogP contribution in [0, 0.1) is 18.3 Å². The lowest BCUT2D eigenvalue weighted by molar-refractivity contribution is -0.146. The summed E-state index contributed by atoms with van der Waals surface area (Å²) in [5, 5.41) is 13.9. The number of rotatable bonds is 3. The Bertz CT molecular complexity index is 1100. The molecule has 1 aromatic carbocycles. The zero-order chi connectivity index (χ0) is 19.1. The first-order valence-electron chi connectivity index (χ1n) is 8.03. The van der Waals surface area contributed by atoms with Crippen molar-refractivity contribution >= 4 is 11.6 Å². The van der Waals surface area contributed by atoms with Gasteiger partial charge in [0.15, 0.2) is 5.65 Å². The van der Waals surface area contributed by atoms with Crippen molar-refractivity contribution in [2.75, 3.05) is 7.11 Å². The SMILES string of the molecule is COC(=O)C(C)(C)c1nn2c(=O)c(-c3ccccc3)c(C)c(C#N)c2[nH]1. The molecule has 132 valence electrons. The van der Waals surface area contributed by atoms with Crippen LogP contribution < -0.4 is 5.56 Å². The number of methoxy groups -OCH3 is 1. The van der Waals surface area contributed by atoms with Crippen LogP contribution in [0.25, 0.3) is 16.8 Å². The molecule has 0 radical (unpaired) electrons. The van der Waals surface area contributed by atoms with E-state index < -0.39 is 11.4 Å². The van der Waals surface area contributed by atoms with Crippen LogP contribution in [0.4, 0.5) is 0 Å². The summed E-state index contributed by atoms with van der Waals surface area (Å²) in [6, 6.07) is 11.3. The number of fused-ring (bicyclic) bond motifs is 1. The minimum Gasteiger partial charge on any atom is -0.468 e. The number of hydrogen-bond donors (Lipinski definition) is 1. The van der Waals surface area contributed by atoms with Crippen molar-refractivity contribution in [3.63, 3.8) is 0 Å². The Morgan fingerprint density at radius 2 is 1.96 bits per heavy atom. The molecule has 2 aromatic heterocycles. The topological polar surface area (TPSA) is 100 Å². The van der Waals surface area contributed by atoms with Gasteiger partial charge in [-0.05, 0) is 31.9 Å². The van der Waals surface area contributed by atoms with Gasteiger partial charge in [-0.2, -0.15) is 9.78 Å². The molecule has 0 unspecified atom stereocenters. The summed E-state index contributed by atoms with van der Waals surface area (Å²) >= 11 is 0. The molecular formula is C19H18N4O3. The number of carbonyl (C=O) groups excluding carboxylic acids is 1. The maximum absolute atomic E-state index is 13.1. The number of aromatic amines is 1. The summed E-state index contributed by atoms with van der Waals surface area (Å²) in [6.45, 7) is 5.01. The highest BCUT2D eigenvalue weighted by atomic mass is 16.5. The number of hydrogen-bond acceptors (Lipinski definition) is 5. The van der Waals surface area contributed by atoms with Gasteiger partial charge < -0.3 is 9.72 Å². The molecule has 3 rings (SSSR count). The Balaban J connectivity index is 2.38. The van der Waals surface area contributed by atoms with Crippen molar-refractivity contribution in [3.05, 3.63) is 57.6 Å². The zero-order valence-electron chi connectivity index (χ0n) is 15.0. The smallest absolute Gasteiger partial charge is 0.318 e. The predicted molar refractivity (Wildman–Crippen MR) is 95.7 cm³/mol. The first-order chi connectivity index (χ1) is 12.3. The number of ether oxygens (including phenoxy) is 1. The molecule has 7 nitrogen and oxygen atoms in total. The minimum absolute atomic E-state index is 0.252. The van der Waals surface area contributed by atoms with Gasteiger partial charge in [-0.3, -0.25) is 9.59 Å². The van der Waals surface area contributed by atoms with Crippen LogP contribution in [0.3, 0.4) is 0 Å². The Labute approximate surface area is 149 Å². The summed E-state index contributed by atoms with van der Waals surface area (Å²) < 4.78 is 5.96. The maximum Gasteiger partial charge on any atom is 0.318 e. The van der Waals surface area contributed by atoms with Gasteiger partial charge in [0.05, 0.1) is 18.2 Å². The van der Waals surface area contributed by atoms with Crippen LogP contribution in [0.1, 0.15) is 30.8 Å². The number of nitrogens with zero attached hydrogens (tertiary/aromatic N) is 3. The zero-order valence-corrected chi connectivity index (χ0v) is 15.0. The Kier molecular flexibility index (Phi) is 4.12. The van der Waals surface area contributed by atoms with E-state index in [1.54, 1.807) is 20.8 Å². The van der Waals surface area contributed by atoms with E-state index in [1.165, 1.54) is 7.11 Å². The van der Waals surface area contributed by atoms with E-state index in [1.807, 2.05) is 30.3 Å². The average Bonchev–Trinajstić information content (AvgIpc) is 3.08. The number of nitriles is 1. The second-order valence-corrected chi connectivity index (χ2v) is 6.51. The average molecular weight is 350 g/mol. The molecule has 0 aliphatic heterocycles. The number of carbonyl (C=O) groups is 1. The molecule has 0 spiro atoms. The van der Waals surface area contributed by atoms with Crippen molar-refractivity contribution in [1.29, 1.82) is 5.26 Å². The molecule has 0 fully saturated rings. The van der Waals surface area contributed by atoms with Gasteiger partial charge in [0.2, 0.25) is 0 Å². The fraction of sp³-hybridized carbons (Fsp3) is 0.263. The third-order valence-corrected chi connectivity index (χ3v) is 4.50. The van der Waals surface area contributed by atoms with E-state index in [0.717, 1.165) is 4.52 Å². The minimum atomic E-state index is -1.10. The molecule has 0 aliphatic carbocycles. The molecule has 3 aromatic rings. The molecule has 0 bridgehead atoms. The van der Waals surface area contributed by atoms with Gasteiger partial charge in [0.1, 0.15) is 17.3 Å². The van der Waals surface area contributed by atoms with Crippen molar-refractivity contribution in [2.45, 2.75) is 26.2 Å². The van der Waals surface area contributed by atoms with Gasteiger partial charge in [0.25, 0.3) is 5.56 Å². The van der Waals surface area contributed by atoms with Crippen molar-refractivity contribution in [2.24, 2.45) is 0 Å². The molecule has 0 aliphatic rings. The van der Waals surface area contributed by atoms with Crippen LogP contribution in [0.5, 0.6) is 0 Å². The normalized spacial score (nSPS) is 11.3. The van der Waals surface area contributed by atoms with Crippen LogP contribution in [-0.4, -0.2) is 27.7 Å². The molecule has 0 saturated carbocycles. The lowest BCUT2D eigenvalue weighted by Crippen LogP contribution is -2.31. The number of nitrogens with one attached hydrogen (secondary N) is 1. The summed E-state index contributed by atoms with van der Waals surface area (Å²) in [4.78, 5) is 28.1. The highest BCUT2D eigenvalue weighted by Gasteiger charge is 2.35. The third-order valence-electron chi connectivity index (χ3n) is 4.50. The lowest BCUT2D eigenvalue weighted by Gasteiger charge is -2.17. The standard InChI is InChI=1S/C19H18N4O3/c1-11-13(10-20)15-21-17(19(2,3)18(25)26-4)22-23(15)16(24)14(11)12-8-6-5-7-9-12/h5-9H,1-4H3,(H,21,22). The number of esters is 1. The third kappa shape index (κ3) is 2.47. The van der Waals surface area contributed by atoms with E-state index in [9.17, 15) is 14.9 Å². The van der Waals surface area contributed by atoms with Gasteiger partial charge in [-0.15, -0.1) is 5.10 Å². The quantitative estimate of drug-likeness (QED) is 0.731. The van der Waals surface area contributed by atoms with E-state index in [-0.39, 0.29) is 17.0 Å². The summed E-state index contributed by atoms with van der Waals surface area (Å²) in [7, 11) is 1.29. The highest BCUT2D eigenvalue weighted by Crippen LogP contribution is 2.27. The van der Waals surface area contributed by atoms with E-state index in [2.05, 4.69) is 16.2 Å². The molecule has 0 amide bonds. The molecule has 1 N–H and O–H groups in total. The van der Waals surface area contributed by atoms with Gasteiger partial charge in [0, 0.05) is 0 Å². The van der Waals surface area contributed by atoms with Gasteiger partial charge in [-0.25, -0.2) is 0 Å². The Morgan fingerprint density at radius 1 is 1.31 bits per heavy atom. The largest absolute Gasteiger partial charge is 0.468 e. The fourth-order valence-electron chi connectivity index (χ4n) is 2.94. The van der Waals surface area contributed by atoms with E-state index in [4.69, 9.17) is 4.74 Å². The van der Waals surface area contributed by atoms with Gasteiger partial charge in [-0.1, -0.05) is 30.3 Å². The molecule has 2 heterocycles. The first-order valence-corrected chi connectivity index (χ1v) is 8.03. The van der Waals surface area contributed by atoms with Crippen LogP contribution in [-0.2, 0) is 14.9 Å². The summed E-state index contributed by atoms with van der Waals surface area (Å²) in [5.41, 5.74) is 0.803. The second kappa shape index (κ2) is 6.15. The number of aromatic nitrogens is 3. The molecule has 0 atom stereocenters. The van der Waals surface area contributed by atoms with Crippen LogP contribution in [0.2, 0.25) is 0 Å². The second-order valence-electron chi connectivity index (χ2n) is 6.51. The van der Waals surface area contributed by atoms with Crippen molar-refractivity contribution < 1.29 is 9.53 Å². The Morgan fingerprint density at radius 3 is 2.54 bits per heavy atom. The molecule has 26 heavy (non-hydrogen) atoms. The summed E-state index contributed by atoms with van der Waals surface area (Å²) in [6.07, 6.45) is 0. The number of H-pyrrole nitrogens is 1.